The normalized spacial score (nSPS) is 26.2. The first-order valence-electron chi connectivity index (χ1n) is 12.6. The summed E-state index contributed by atoms with van der Waals surface area (Å²) in [5, 5.41) is 10.2. The van der Waals surface area contributed by atoms with Gasteiger partial charge in [-0.15, -0.1) is 0 Å². The van der Waals surface area contributed by atoms with E-state index in [0.29, 0.717) is 13.0 Å². The van der Waals surface area contributed by atoms with E-state index in [4.69, 9.17) is 9.47 Å². The maximum Gasteiger partial charge on any atom is 0.411 e. The molecular formula is C28H26N5O4+. The fourth-order valence-electron chi connectivity index (χ4n) is 7.41. The molecule has 8 rings (SSSR count). The molecule has 4 atom stereocenters. The van der Waals surface area contributed by atoms with Crippen LogP contribution in [0.1, 0.15) is 35.5 Å². The number of fused-ring (bicyclic) bond motifs is 13. The number of para-hydroxylation sites is 2. The average Bonchev–Trinajstić information content (AvgIpc) is 3.51. The smallest absolute Gasteiger partial charge is 0.374 e. The quantitative estimate of drug-likeness (QED) is 0.348. The van der Waals surface area contributed by atoms with Crippen LogP contribution in [0.3, 0.4) is 0 Å². The summed E-state index contributed by atoms with van der Waals surface area (Å²) in [5.41, 5.74) is 8.38. The van der Waals surface area contributed by atoms with Gasteiger partial charge in [0.05, 0.1) is 33.7 Å². The van der Waals surface area contributed by atoms with Gasteiger partial charge in [0.25, 0.3) is 5.91 Å². The Balaban J connectivity index is 1.66. The molecule has 0 unspecified atom stereocenters. The lowest BCUT2D eigenvalue weighted by Crippen LogP contribution is -2.69. The molecule has 0 radical (unpaired) electrons. The highest BCUT2D eigenvalue weighted by atomic mass is 16.6. The number of methoxy groups -OCH3 is 1. The van der Waals surface area contributed by atoms with Crippen molar-refractivity contribution >= 4 is 55.5 Å². The molecule has 1 fully saturated rings. The molecule has 9 nitrogen and oxygen atoms in total. The van der Waals surface area contributed by atoms with Crippen molar-refractivity contribution < 1.29 is 24.8 Å². The third-order valence-corrected chi connectivity index (χ3v) is 8.57. The van der Waals surface area contributed by atoms with Crippen LogP contribution in [0.25, 0.3) is 43.6 Å². The third kappa shape index (κ3) is 2.40. The number of benzene rings is 3. The predicted molar refractivity (Wildman–Crippen MR) is 138 cm³/mol. The zero-order chi connectivity index (χ0) is 25.2. The molecule has 0 aliphatic carbocycles. The van der Waals surface area contributed by atoms with Gasteiger partial charge in [0, 0.05) is 41.6 Å². The van der Waals surface area contributed by atoms with E-state index in [1.54, 1.807) is 7.11 Å². The first-order valence-corrected chi connectivity index (χ1v) is 12.6. The molecular weight excluding hydrogens is 470 g/mol. The number of quaternary nitrogens is 1. The molecule has 0 saturated carbocycles. The zero-order valence-corrected chi connectivity index (χ0v) is 20.5. The molecule has 3 aliphatic rings. The molecule has 3 aliphatic heterocycles. The highest BCUT2D eigenvalue weighted by Gasteiger charge is 2.53. The van der Waals surface area contributed by atoms with Gasteiger partial charge in [0.1, 0.15) is 12.3 Å². The Hall–Kier alpha value is -3.92. The summed E-state index contributed by atoms with van der Waals surface area (Å²) in [6.45, 7) is 2.52. The van der Waals surface area contributed by atoms with Crippen molar-refractivity contribution in [2.45, 2.75) is 44.0 Å². The number of ether oxygens (including phenoxy) is 2. The summed E-state index contributed by atoms with van der Waals surface area (Å²) in [4.78, 5) is 25.6. The number of urea groups is 1. The third-order valence-electron chi connectivity index (χ3n) is 8.57. The SMILES string of the molecule is CO[C@@H]1[C@H](NC([NH3+])=O)C[C@H]2O[C@]1(C)n1c3ccccc3c3c4c(c5c6ccccc6n2c5c31)C(=O)NC4. The molecule has 9 heteroatoms. The second-order valence-electron chi connectivity index (χ2n) is 10.4. The van der Waals surface area contributed by atoms with Gasteiger partial charge in [-0.1, -0.05) is 36.4 Å². The number of hydrogen-bond acceptors (Lipinski definition) is 4. The number of nitrogens with one attached hydrogen (secondary N) is 2. The van der Waals surface area contributed by atoms with Gasteiger partial charge >= 0.3 is 6.03 Å². The maximum atomic E-state index is 13.4. The summed E-state index contributed by atoms with van der Waals surface area (Å²) in [6, 6.07) is 15.7. The van der Waals surface area contributed by atoms with Crippen LogP contribution in [0.15, 0.2) is 48.5 Å². The van der Waals surface area contributed by atoms with Gasteiger partial charge in [-0.05, 0) is 24.6 Å². The van der Waals surface area contributed by atoms with E-state index in [-0.39, 0.29) is 18.0 Å². The van der Waals surface area contributed by atoms with Crippen LogP contribution >= 0.6 is 0 Å². The van der Waals surface area contributed by atoms with Gasteiger partial charge < -0.3 is 29.2 Å². The van der Waals surface area contributed by atoms with Gasteiger partial charge in [-0.25, -0.2) is 4.79 Å². The number of aromatic nitrogens is 2. The monoisotopic (exact) mass is 496 g/mol. The van der Waals surface area contributed by atoms with Crippen molar-refractivity contribution in [3.8, 4) is 0 Å². The molecule has 5 N–H and O–H groups in total. The average molecular weight is 497 g/mol. The second-order valence-corrected chi connectivity index (χ2v) is 10.4. The Labute approximate surface area is 211 Å². The number of carbonyl (C=O) groups excluding carboxylic acids is 2. The molecule has 5 heterocycles. The zero-order valence-electron chi connectivity index (χ0n) is 20.5. The largest absolute Gasteiger partial charge is 0.411 e. The number of nitrogens with zero attached hydrogens (tertiary/aromatic N) is 2. The minimum atomic E-state index is -0.955. The molecule has 37 heavy (non-hydrogen) atoms. The molecule has 2 aromatic heterocycles. The standard InChI is InChI=1S/C28H25N5O4/c1-28-25(36-2)16(31-27(29)35)11-19(37-28)32-17-9-5-3-7-13(17)21-22-15(12-30-26(22)34)20-14-8-4-6-10-18(14)33(28)24(20)23(21)32/h3-10,16,19,25H,11-12H2,1-2H3,(H,30,34)(H3,29,31,35)/p+1/t16-,19-,25-,28+/m1/s1. The minimum absolute atomic E-state index is 0.0482. The van der Waals surface area contributed by atoms with E-state index >= 15 is 0 Å². The molecule has 3 aromatic carbocycles. The van der Waals surface area contributed by atoms with Crippen molar-refractivity contribution in [2.24, 2.45) is 0 Å². The molecule has 0 spiro atoms. The lowest BCUT2D eigenvalue weighted by Gasteiger charge is -2.48. The first kappa shape index (κ1) is 21.2. The van der Waals surface area contributed by atoms with Gasteiger partial charge in [-0.3, -0.25) is 10.5 Å². The first-order chi connectivity index (χ1) is 17.9. The van der Waals surface area contributed by atoms with E-state index in [1.165, 1.54) is 0 Å². The van der Waals surface area contributed by atoms with E-state index < -0.39 is 18.1 Å². The van der Waals surface area contributed by atoms with Crippen molar-refractivity contribution in [1.82, 2.24) is 19.8 Å². The summed E-state index contributed by atoms with van der Waals surface area (Å²) in [5.74, 6) is -0.0482. The van der Waals surface area contributed by atoms with Gasteiger partial charge in [0.15, 0.2) is 5.72 Å². The van der Waals surface area contributed by atoms with Crippen LogP contribution in [0.4, 0.5) is 4.79 Å². The summed E-state index contributed by atoms with van der Waals surface area (Å²) in [7, 11) is 1.66. The van der Waals surface area contributed by atoms with Crippen LogP contribution in [-0.4, -0.2) is 40.3 Å². The summed E-state index contributed by atoms with van der Waals surface area (Å²) in [6.07, 6.45) is -0.385. The maximum absolute atomic E-state index is 13.4. The number of hydrogen-bond donors (Lipinski definition) is 3. The highest BCUT2D eigenvalue weighted by molar-refractivity contribution is 6.31. The molecule has 186 valence electrons. The minimum Gasteiger partial charge on any atom is -0.374 e. The van der Waals surface area contributed by atoms with Crippen molar-refractivity contribution in [1.29, 1.82) is 0 Å². The summed E-state index contributed by atoms with van der Waals surface area (Å²) >= 11 is 0. The Morgan fingerprint density at radius 3 is 2.54 bits per heavy atom. The van der Waals surface area contributed by atoms with E-state index in [0.717, 1.165) is 54.7 Å². The number of amides is 3. The van der Waals surface area contributed by atoms with Crippen LogP contribution < -0.4 is 16.4 Å². The van der Waals surface area contributed by atoms with Crippen LogP contribution in [0, 0.1) is 0 Å². The number of carbonyl (C=O) groups is 2. The molecule has 1 saturated heterocycles. The van der Waals surface area contributed by atoms with E-state index in [1.807, 2.05) is 31.2 Å². The highest BCUT2D eigenvalue weighted by Crippen LogP contribution is 2.53. The Morgan fingerprint density at radius 1 is 1.11 bits per heavy atom. The van der Waals surface area contributed by atoms with Crippen LogP contribution in [0.5, 0.6) is 0 Å². The van der Waals surface area contributed by atoms with E-state index in [9.17, 15) is 9.59 Å². The van der Waals surface area contributed by atoms with Gasteiger partial charge in [0.2, 0.25) is 0 Å². The molecule has 5 aromatic rings. The van der Waals surface area contributed by atoms with Crippen molar-refractivity contribution in [3.05, 3.63) is 59.7 Å². The van der Waals surface area contributed by atoms with E-state index in [2.05, 4.69) is 49.8 Å². The Kier molecular flexibility index (Phi) is 3.94. The van der Waals surface area contributed by atoms with Crippen molar-refractivity contribution in [2.75, 3.05) is 7.11 Å². The molecule has 2 bridgehead atoms. The molecule has 3 amide bonds. The topological polar surface area (TPSA) is 114 Å². The van der Waals surface area contributed by atoms with Crippen LogP contribution in [-0.2, 0) is 21.7 Å². The lowest BCUT2D eigenvalue weighted by molar-refractivity contribution is -0.271. The fraction of sp³-hybridized carbons (Fsp3) is 0.286. The number of rotatable bonds is 2. The lowest BCUT2D eigenvalue weighted by atomic mass is 9.93. The second kappa shape index (κ2) is 6.89. The summed E-state index contributed by atoms with van der Waals surface area (Å²) < 4.78 is 17.6. The van der Waals surface area contributed by atoms with Crippen molar-refractivity contribution in [3.63, 3.8) is 0 Å². The van der Waals surface area contributed by atoms with Crippen LogP contribution in [0.2, 0.25) is 0 Å². The van der Waals surface area contributed by atoms with Gasteiger partial charge in [-0.2, -0.15) is 0 Å². The fourth-order valence-corrected chi connectivity index (χ4v) is 7.41. The Bertz CT molecular complexity index is 1850. The Morgan fingerprint density at radius 2 is 1.81 bits per heavy atom. The predicted octanol–water partition coefficient (Wildman–Crippen LogP) is 3.09.